The summed E-state index contributed by atoms with van der Waals surface area (Å²) in [6.07, 6.45) is 9.03. The van der Waals surface area contributed by atoms with Gasteiger partial charge in [0.25, 0.3) is 0 Å². The number of anilines is 2. The molecule has 1 N–H and O–H groups in total. The van der Waals surface area contributed by atoms with Crippen molar-refractivity contribution in [2.24, 2.45) is 7.05 Å². The van der Waals surface area contributed by atoms with Crippen molar-refractivity contribution in [2.45, 2.75) is 44.3 Å². The van der Waals surface area contributed by atoms with Crippen LogP contribution in [0.25, 0.3) is 11.1 Å². The lowest BCUT2D eigenvalue weighted by atomic mass is 9.89. The van der Waals surface area contributed by atoms with E-state index in [-0.39, 0.29) is 18.1 Å². The van der Waals surface area contributed by atoms with E-state index < -0.39 is 0 Å². The maximum Gasteiger partial charge on any atom is 0.324 e. The number of carbonyl (C=O) groups is 1. The van der Waals surface area contributed by atoms with Gasteiger partial charge >= 0.3 is 6.03 Å². The fourth-order valence-electron chi connectivity index (χ4n) is 5.20. The van der Waals surface area contributed by atoms with Crippen molar-refractivity contribution in [1.82, 2.24) is 19.7 Å². The molecule has 0 atom stereocenters. The zero-order valence-electron chi connectivity index (χ0n) is 22.4. The largest absolute Gasteiger partial charge is 0.367 e. The number of nitrogens with one attached hydrogen (secondary N) is 1. The smallest absolute Gasteiger partial charge is 0.324 e. The van der Waals surface area contributed by atoms with Gasteiger partial charge in [0.15, 0.2) is 0 Å². The third-order valence-electron chi connectivity index (χ3n) is 7.29. The van der Waals surface area contributed by atoms with Crippen LogP contribution in [0.4, 0.5) is 16.3 Å². The first-order chi connectivity index (χ1) is 19.0. The van der Waals surface area contributed by atoms with Crippen LogP contribution in [0.15, 0.2) is 85.3 Å². The number of aromatic nitrogens is 3. The van der Waals surface area contributed by atoms with E-state index >= 15 is 0 Å². The number of hydrogen-bond donors (Lipinski definition) is 1. The minimum atomic E-state index is -0.00171. The van der Waals surface area contributed by atoms with Gasteiger partial charge in [-0.1, -0.05) is 42.5 Å². The van der Waals surface area contributed by atoms with Gasteiger partial charge in [0.1, 0.15) is 11.9 Å². The summed E-state index contributed by atoms with van der Waals surface area (Å²) in [6.45, 7) is 0.547. The van der Waals surface area contributed by atoms with Gasteiger partial charge in [0.2, 0.25) is 0 Å². The predicted octanol–water partition coefficient (Wildman–Crippen LogP) is 5.84. The Kier molecular flexibility index (Phi) is 7.88. The quantitative estimate of drug-likeness (QED) is 0.332. The van der Waals surface area contributed by atoms with E-state index in [0.29, 0.717) is 12.1 Å². The van der Waals surface area contributed by atoms with Gasteiger partial charge in [-0.15, -0.1) is 0 Å². The SMILES string of the molecule is CN(Cc1ccccc1)C(=O)N(c1ccc(-c2cnn(C)c2)cc1)[C@H]1CC[C@H](Nc2ccc(C#N)cn2)CC1. The molecular weight excluding hydrogens is 486 g/mol. The van der Waals surface area contributed by atoms with Gasteiger partial charge in [-0.25, -0.2) is 9.78 Å². The number of pyridine rings is 1. The van der Waals surface area contributed by atoms with E-state index in [0.717, 1.165) is 53.9 Å². The molecule has 5 rings (SSSR count). The minimum Gasteiger partial charge on any atom is -0.367 e. The summed E-state index contributed by atoms with van der Waals surface area (Å²) < 4.78 is 1.79. The van der Waals surface area contributed by atoms with Crippen molar-refractivity contribution >= 4 is 17.5 Å². The van der Waals surface area contributed by atoms with E-state index in [9.17, 15) is 4.79 Å². The Morgan fingerprint density at radius 1 is 1.00 bits per heavy atom. The van der Waals surface area contributed by atoms with E-state index in [2.05, 4.69) is 33.6 Å². The molecule has 0 spiro atoms. The highest BCUT2D eigenvalue weighted by Crippen LogP contribution is 2.31. The zero-order chi connectivity index (χ0) is 27.2. The molecule has 0 unspecified atom stereocenters. The van der Waals surface area contributed by atoms with Crippen molar-refractivity contribution in [3.8, 4) is 17.2 Å². The number of rotatable bonds is 7. The Hall–Kier alpha value is -4.64. The van der Waals surface area contributed by atoms with Gasteiger partial charge in [0.05, 0.1) is 11.8 Å². The fraction of sp³-hybridized carbons (Fsp3) is 0.290. The summed E-state index contributed by atoms with van der Waals surface area (Å²) in [5.41, 5.74) is 4.67. The van der Waals surface area contributed by atoms with Crippen LogP contribution in [0.5, 0.6) is 0 Å². The van der Waals surface area contributed by atoms with Crippen molar-refractivity contribution < 1.29 is 4.79 Å². The Bertz CT molecular complexity index is 1420. The Morgan fingerprint density at radius 2 is 1.74 bits per heavy atom. The molecule has 39 heavy (non-hydrogen) atoms. The van der Waals surface area contributed by atoms with Gasteiger partial charge in [-0.2, -0.15) is 10.4 Å². The molecule has 0 bridgehead atoms. The second-order valence-electron chi connectivity index (χ2n) is 10.1. The maximum atomic E-state index is 13.9. The molecule has 0 saturated heterocycles. The van der Waals surface area contributed by atoms with Gasteiger partial charge < -0.3 is 10.2 Å². The second-order valence-corrected chi connectivity index (χ2v) is 10.1. The summed E-state index contributed by atoms with van der Waals surface area (Å²) in [4.78, 5) is 22.1. The summed E-state index contributed by atoms with van der Waals surface area (Å²) in [7, 11) is 3.78. The molecule has 2 amide bonds. The molecule has 2 heterocycles. The Labute approximate surface area is 229 Å². The molecule has 0 radical (unpaired) electrons. The molecule has 1 aliphatic rings. The highest BCUT2D eigenvalue weighted by Gasteiger charge is 2.32. The van der Waals surface area contributed by atoms with Crippen LogP contribution >= 0.6 is 0 Å². The highest BCUT2D eigenvalue weighted by molar-refractivity contribution is 5.93. The molecule has 0 aliphatic heterocycles. The number of amides is 2. The second kappa shape index (κ2) is 11.8. The topological polar surface area (TPSA) is 90.1 Å². The average molecular weight is 520 g/mol. The first kappa shape index (κ1) is 26.0. The molecule has 1 fully saturated rings. The lowest BCUT2D eigenvalue weighted by Crippen LogP contribution is -2.49. The van der Waals surface area contributed by atoms with Gasteiger partial charge in [-0.3, -0.25) is 9.58 Å². The van der Waals surface area contributed by atoms with E-state index in [4.69, 9.17) is 5.26 Å². The lowest BCUT2D eigenvalue weighted by Gasteiger charge is -2.39. The Morgan fingerprint density at radius 3 is 2.36 bits per heavy atom. The molecule has 1 aliphatic carbocycles. The highest BCUT2D eigenvalue weighted by atomic mass is 16.2. The third kappa shape index (κ3) is 6.27. The summed E-state index contributed by atoms with van der Waals surface area (Å²) in [5, 5.41) is 16.8. The summed E-state index contributed by atoms with van der Waals surface area (Å²) in [5.74, 6) is 0.777. The zero-order valence-corrected chi connectivity index (χ0v) is 22.4. The fourth-order valence-corrected chi connectivity index (χ4v) is 5.20. The van der Waals surface area contributed by atoms with Crippen LogP contribution in [0, 0.1) is 11.3 Å². The van der Waals surface area contributed by atoms with Crippen LogP contribution in [-0.2, 0) is 13.6 Å². The molecular formula is C31H33N7O. The third-order valence-corrected chi connectivity index (χ3v) is 7.29. The number of carbonyl (C=O) groups excluding carboxylic acids is 1. The molecule has 4 aromatic rings. The number of hydrogen-bond acceptors (Lipinski definition) is 5. The average Bonchev–Trinajstić information content (AvgIpc) is 3.41. The first-order valence-electron chi connectivity index (χ1n) is 13.3. The van der Waals surface area contributed by atoms with Crippen molar-refractivity contribution in [3.05, 3.63) is 96.4 Å². The van der Waals surface area contributed by atoms with Crippen molar-refractivity contribution in [3.63, 3.8) is 0 Å². The van der Waals surface area contributed by atoms with Gasteiger partial charge in [0, 0.05) is 56.4 Å². The van der Waals surface area contributed by atoms with Crippen molar-refractivity contribution in [2.75, 3.05) is 17.3 Å². The standard InChI is InChI=1S/C31H33N7O/c1-36(21-23-6-4-3-5-7-23)31(39)38(28-13-9-25(10-14-28)26-20-34-37(2)22-26)29-15-11-27(12-16-29)35-30-17-8-24(18-32)19-33-30/h3-10,13-14,17,19-20,22,27,29H,11-12,15-16,21H2,1-2H3,(H,33,35)/t27-,29-. The van der Waals surface area contributed by atoms with Crippen LogP contribution in [0.1, 0.15) is 36.8 Å². The number of nitriles is 1. The van der Waals surface area contributed by atoms with Crippen molar-refractivity contribution in [1.29, 1.82) is 5.26 Å². The van der Waals surface area contributed by atoms with Crippen LogP contribution in [0.3, 0.4) is 0 Å². The molecule has 8 heteroatoms. The lowest BCUT2D eigenvalue weighted by molar-refractivity contribution is 0.208. The predicted molar refractivity (Wildman–Crippen MR) is 153 cm³/mol. The number of nitrogens with zero attached hydrogens (tertiary/aromatic N) is 6. The molecule has 2 aromatic carbocycles. The maximum absolute atomic E-state index is 13.9. The number of aryl methyl sites for hydroxylation is 1. The van der Waals surface area contributed by atoms with Crippen LogP contribution in [0.2, 0.25) is 0 Å². The number of urea groups is 1. The summed E-state index contributed by atoms with van der Waals surface area (Å²) >= 11 is 0. The van der Waals surface area contributed by atoms with E-state index in [1.54, 1.807) is 21.8 Å². The molecule has 1 saturated carbocycles. The van der Waals surface area contributed by atoms with Crippen LogP contribution < -0.4 is 10.2 Å². The first-order valence-corrected chi connectivity index (χ1v) is 13.3. The molecule has 2 aromatic heterocycles. The van der Waals surface area contributed by atoms with Crippen LogP contribution in [-0.4, -0.2) is 44.8 Å². The molecule has 8 nitrogen and oxygen atoms in total. The number of benzene rings is 2. The monoisotopic (exact) mass is 519 g/mol. The van der Waals surface area contributed by atoms with Gasteiger partial charge in [-0.05, 0) is 61.1 Å². The van der Waals surface area contributed by atoms with E-state index in [1.165, 1.54) is 0 Å². The van der Waals surface area contributed by atoms with E-state index in [1.807, 2.05) is 79.9 Å². The molecule has 198 valence electrons. The normalized spacial score (nSPS) is 16.7. The Balaban J connectivity index is 1.32. The minimum absolute atomic E-state index is 0.00171. The summed E-state index contributed by atoms with van der Waals surface area (Å²) in [6, 6.07) is 24.4.